The van der Waals surface area contributed by atoms with Crippen LogP contribution in [0.25, 0.3) is 0 Å². The summed E-state index contributed by atoms with van der Waals surface area (Å²) < 4.78 is 13.3. The fourth-order valence-corrected chi connectivity index (χ4v) is 1.79. The third-order valence-corrected chi connectivity index (χ3v) is 2.78. The number of hydrogen-bond acceptors (Lipinski definition) is 1. The van der Waals surface area contributed by atoms with Crippen LogP contribution >= 0.6 is 0 Å². The fraction of sp³-hybridized carbons (Fsp3) is 0.571. The van der Waals surface area contributed by atoms with E-state index in [0.717, 1.165) is 37.8 Å². The lowest BCUT2D eigenvalue weighted by Crippen LogP contribution is -2.26. The van der Waals surface area contributed by atoms with Gasteiger partial charge in [0, 0.05) is 6.04 Å². The quantitative estimate of drug-likeness (QED) is 0.745. The first-order chi connectivity index (χ1) is 7.74. The van der Waals surface area contributed by atoms with Crippen LogP contribution in [0, 0.1) is 5.82 Å². The third-order valence-electron chi connectivity index (χ3n) is 2.78. The molecule has 0 heterocycles. The minimum Gasteiger partial charge on any atom is -0.314 e. The first-order valence-electron chi connectivity index (χ1n) is 6.20. The van der Waals surface area contributed by atoms with Crippen molar-refractivity contribution < 1.29 is 4.39 Å². The Balaban J connectivity index is 2.23. The second kappa shape index (κ2) is 7.39. The van der Waals surface area contributed by atoms with Gasteiger partial charge in [0.05, 0.1) is 0 Å². The van der Waals surface area contributed by atoms with Gasteiger partial charge in [-0.15, -0.1) is 0 Å². The molecule has 1 N–H and O–H groups in total. The molecule has 0 amide bonds. The summed E-state index contributed by atoms with van der Waals surface area (Å²) in [6.07, 6.45) is 4.15. The second-order valence-electron chi connectivity index (χ2n) is 4.34. The van der Waals surface area contributed by atoms with E-state index in [-0.39, 0.29) is 5.82 Å². The van der Waals surface area contributed by atoms with E-state index in [1.54, 1.807) is 6.07 Å². The van der Waals surface area contributed by atoms with E-state index in [4.69, 9.17) is 0 Å². The highest BCUT2D eigenvalue weighted by molar-refractivity contribution is 5.17. The van der Waals surface area contributed by atoms with Gasteiger partial charge in [0.1, 0.15) is 5.82 Å². The molecule has 0 bridgehead atoms. The summed E-state index contributed by atoms with van der Waals surface area (Å²) in [6.45, 7) is 5.43. The standard InChI is InChI=1S/C14H22FN/c1-3-11-16-12(2)7-6-9-13-8-4-5-10-14(13)15/h4-5,8,10,12,16H,3,6-7,9,11H2,1-2H3. The maximum absolute atomic E-state index is 13.3. The molecule has 1 rings (SSSR count). The first-order valence-corrected chi connectivity index (χ1v) is 6.20. The predicted molar refractivity (Wildman–Crippen MR) is 67.1 cm³/mol. The molecular weight excluding hydrogens is 201 g/mol. The lowest BCUT2D eigenvalue weighted by molar-refractivity contribution is 0.494. The molecule has 0 aromatic heterocycles. The molecule has 90 valence electrons. The topological polar surface area (TPSA) is 12.0 Å². The fourth-order valence-electron chi connectivity index (χ4n) is 1.79. The van der Waals surface area contributed by atoms with Crippen molar-refractivity contribution in [2.75, 3.05) is 6.54 Å². The van der Waals surface area contributed by atoms with E-state index in [0.29, 0.717) is 6.04 Å². The number of nitrogens with one attached hydrogen (secondary N) is 1. The summed E-state index contributed by atoms with van der Waals surface area (Å²) in [4.78, 5) is 0. The molecule has 0 spiro atoms. The smallest absolute Gasteiger partial charge is 0.126 e. The molecule has 0 aliphatic heterocycles. The number of halogens is 1. The number of aryl methyl sites for hydroxylation is 1. The van der Waals surface area contributed by atoms with Crippen LogP contribution in [-0.4, -0.2) is 12.6 Å². The normalized spacial score (nSPS) is 12.7. The summed E-state index contributed by atoms with van der Waals surface area (Å²) in [6, 6.07) is 7.58. The van der Waals surface area contributed by atoms with Crippen molar-refractivity contribution in [1.82, 2.24) is 5.32 Å². The van der Waals surface area contributed by atoms with Crippen LogP contribution in [0.3, 0.4) is 0 Å². The highest BCUT2D eigenvalue weighted by Crippen LogP contribution is 2.10. The Morgan fingerprint density at radius 1 is 1.31 bits per heavy atom. The second-order valence-corrected chi connectivity index (χ2v) is 4.34. The van der Waals surface area contributed by atoms with Crippen LogP contribution in [0.15, 0.2) is 24.3 Å². The molecular formula is C14H22FN. The maximum atomic E-state index is 13.3. The zero-order valence-electron chi connectivity index (χ0n) is 10.3. The van der Waals surface area contributed by atoms with Crippen LogP contribution in [-0.2, 0) is 6.42 Å². The average molecular weight is 223 g/mol. The summed E-state index contributed by atoms with van der Waals surface area (Å²) in [5.41, 5.74) is 0.838. The van der Waals surface area contributed by atoms with Crippen LogP contribution in [0.1, 0.15) is 38.7 Å². The van der Waals surface area contributed by atoms with Gasteiger partial charge in [0.25, 0.3) is 0 Å². The maximum Gasteiger partial charge on any atom is 0.126 e. The van der Waals surface area contributed by atoms with Gasteiger partial charge >= 0.3 is 0 Å². The average Bonchev–Trinajstić information content (AvgIpc) is 2.29. The van der Waals surface area contributed by atoms with Crippen molar-refractivity contribution in [1.29, 1.82) is 0 Å². The number of benzene rings is 1. The molecule has 16 heavy (non-hydrogen) atoms. The Hall–Kier alpha value is -0.890. The number of hydrogen-bond donors (Lipinski definition) is 1. The summed E-state index contributed by atoms with van der Waals surface area (Å²) >= 11 is 0. The SMILES string of the molecule is CCCNC(C)CCCc1ccccc1F. The first kappa shape index (κ1) is 13.2. The lowest BCUT2D eigenvalue weighted by Gasteiger charge is -2.12. The molecule has 0 aliphatic rings. The zero-order valence-corrected chi connectivity index (χ0v) is 10.3. The summed E-state index contributed by atoms with van der Waals surface area (Å²) in [7, 11) is 0. The molecule has 1 nitrogen and oxygen atoms in total. The Labute approximate surface area is 98.1 Å². The molecule has 0 radical (unpaired) electrons. The van der Waals surface area contributed by atoms with Crippen LogP contribution in [0.2, 0.25) is 0 Å². The largest absolute Gasteiger partial charge is 0.314 e. The zero-order chi connectivity index (χ0) is 11.8. The van der Waals surface area contributed by atoms with E-state index >= 15 is 0 Å². The van der Waals surface area contributed by atoms with Gasteiger partial charge in [-0.05, 0) is 50.8 Å². The molecule has 1 unspecified atom stereocenters. The van der Waals surface area contributed by atoms with Gasteiger partial charge in [0.15, 0.2) is 0 Å². The highest BCUT2D eigenvalue weighted by Gasteiger charge is 2.03. The Morgan fingerprint density at radius 2 is 2.06 bits per heavy atom. The summed E-state index contributed by atoms with van der Waals surface area (Å²) in [5, 5.41) is 3.44. The van der Waals surface area contributed by atoms with E-state index < -0.39 is 0 Å². The third kappa shape index (κ3) is 4.75. The van der Waals surface area contributed by atoms with Gasteiger partial charge in [-0.1, -0.05) is 25.1 Å². The van der Waals surface area contributed by atoms with Crippen molar-refractivity contribution in [3.63, 3.8) is 0 Å². The van der Waals surface area contributed by atoms with Crippen molar-refractivity contribution in [3.05, 3.63) is 35.6 Å². The molecule has 0 aliphatic carbocycles. The Kier molecular flexibility index (Phi) is 6.09. The van der Waals surface area contributed by atoms with Crippen molar-refractivity contribution in [3.8, 4) is 0 Å². The number of rotatable bonds is 7. The highest BCUT2D eigenvalue weighted by atomic mass is 19.1. The van der Waals surface area contributed by atoms with Gasteiger partial charge in [-0.3, -0.25) is 0 Å². The molecule has 1 aromatic rings. The summed E-state index contributed by atoms with van der Waals surface area (Å²) in [5.74, 6) is -0.0725. The van der Waals surface area contributed by atoms with Gasteiger partial charge in [0.2, 0.25) is 0 Å². The lowest BCUT2D eigenvalue weighted by atomic mass is 10.0. The van der Waals surface area contributed by atoms with Gasteiger partial charge < -0.3 is 5.32 Å². The molecule has 1 aromatic carbocycles. The molecule has 0 saturated heterocycles. The minimum atomic E-state index is -0.0725. The van der Waals surface area contributed by atoms with Crippen LogP contribution in [0.4, 0.5) is 4.39 Å². The molecule has 2 heteroatoms. The van der Waals surface area contributed by atoms with E-state index in [2.05, 4.69) is 19.2 Å². The van der Waals surface area contributed by atoms with E-state index in [9.17, 15) is 4.39 Å². The molecule has 0 fully saturated rings. The van der Waals surface area contributed by atoms with Crippen molar-refractivity contribution in [2.45, 2.75) is 45.6 Å². The van der Waals surface area contributed by atoms with Crippen molar-refractivity contribution >= 4 is 0 Å². The predicted octanol–water partition coefficient (Wildman–Crippen LogP) is 3.54. The Bertz CT molecular complexity index is 299. The minimum absolute atomic E-state index is 0.0725. The Morgan fingerprint density at radius 3 is 2.75 bits per heavy atom. The van der Waals surface area contributed by atoms with E-state index in [1.165, 1.54) is 6.07 Å². The van der Waals surface area contributed by atoms with Gasteiger partial charge in [-0.2, -0.15) is 0 Å². The van der Waals surface area contributed by atoms with Crippen molar-refractivity contribution in [2.24, 2.45) is 0 Å². The molecule has 1 atom stereocenters. The monoisotopic (exact) mass is 223 g/mol. The molecule has 0 saturated carbocycles. The van der Waals surface area contributed by atoms with Crippen LogP contribution in [0.5, 0.6) is 0 Å². The van der Waals surface area contributed by atoms with Gasteiger partial charge in [-0.25, -0.2) is 4.39 Å². The van der Waals surface area contributed by atoms with E-state index in [1.807, 2.05) is 12.1 Å². The van der Waals surface area contributed by atoms with Crippen LogP contribution < -0.4 is 5.32 Å².